The van der Waals surface area contributed by atoms with E-state index in [2.05, 4.69) is 5.32 Å². The van der Waals surface area contributed by atoms with Crippen molar-refractivity contribution in [3.05, 3.63) is 59.4 Å². The van der Waals surface area contributed by atoms with E-state index >= 15 is 0 Å². The predicted molar refractivity (Wildman–Crippen MR) is 88.6 cm³/mol. The lowest BCUT2D eigenvalue weighted by molar-refractivity contribution is 0.0996. The zero-order valence-electron chi connectivity index (χ0n) is 13.1. The molecule has 4 nitrogen and oxygen atoms in total. The standard InChI is InChI=1S/C18H18F2N2O2/c19-7-9-24-10-8-21-15-2-4-16(5-3-15)22-12-13-11-14(20)1-6-17(13)18(22)23/h1-6,11,21H,7-10,12H2. The van der Waals surface area contributed by atoms with Gasteiger partial charge in [0.15, 0.2) is 0 Å². The first-order valence-electron chi connectivity index (χ1n) is 7.77. The summed E-state index contributed by atoms with van der Waals surface area (Å²) in [4.78, 5) is 14.0. The Bertz CT molecular complexity index is 719. The van der Waals surface area contributed by atoms with Crippen LogP contribution in [0.4, 0.5) is 20.2 Å². The average Bonchev–Trinajstić information content (AvgIpc) is 2.91. The van der Waals surface area contributed by atoms with Crippen molar-refractivity contribution in [2.45, 2.75) is 6.54 Å². The molecule has 126 valence electrons. The van der Waals surface area contributed by atoms with Crippen LogP contribution in [0.15, 0.2) is 42.5 Å². The van der Waals surface area contributed by atoms with Gasteiger partial charge in [-0.1, -0.05) is 0 Å². The SMILES string of the molecule is O=C1c2ccc(F)cc2CN1c1ccc(NCCOCCF)cc1. The van der Waals surface area contributed by atoms with Gasteiger partial charge in [-0.25, -0.2) is 8.78 Å². The third kappa shape index (κ3) is 3.54. The van der Waals surface area contributed by atoms with Crippen LogP contribution in [0.5, 0.6) is 0 Å². The number of halogens is 2. The molecule has 0 saturated carbocycles. The first kappa shape index (κ1) is 16.4. The van der Waals surface area contributed by atoms with Gasteiger partial charge in [0.2, 0.25) is 0 Å². The highest BCUT2D eigenvalue weighted by molar-refractivity contribution is 6.10. The van der Waals surface area contributed by atoms with Crippen molar-refractivity contribution in [2.24, 2.45) is 0 Å². The fourth-order valence-corrected chi connectivity index (χ4v) is 2.68. The number of anilines is 2. The van der Waals surface area contributed by atoms with Gasteiger partial charge in [-0.15, -0.1) is 0 Å². The molecule has 3 rings (SSSR count). The van der Waals surface area contributed by atoms with Gasteiger partial charge < -0.3 is 15.0 Å². The molecular weight excluding hydrogens is 314 g/mol. The van der Waals surface area contributed by atoms with E-state index in [1.807, 2.05) is 24.3 Å². The van der Waals surface area contributed by atoms with E-state index in [1.54, 1.807) is 4.90 Å². The Hall–Kier alpha value is -2.47. The van der Waals surface area contributed by atoms with E-state index in [1.165, 1.54) is 18.2 Å². The Morgan fingerprint density at radius 3 is 2.67 bits per heavy atom. The summed E-state index contributed by atoms with van der Waals surface area (Å²) in [6.07, 6.45) is 0. The number of hydrogen-bond donors (Lipinski definition) is 1. The Morgan fingerprint density at radius 1 is 1.12 bits per heavy atom. The summed E-state index contributed by atoms with van der Waals surface area (Å²) in [7, 11) is 0. The van der Waals surface area contributed by atoms with Gasteiger partial charge >= 0.3 is 0 Å². The lowest BCUT2D eigenvalue weighted by Crippen LogP contribution is -2.22. The van der Waals surface area contributed by atoms with E-state index in [9.17, 15) is 13.6 Å². The van der Waals surface area contributed by atoms with Crippen molar-refractivity contribution in [3.63, 3.8) is 0 Å². The summed E-state index contributed by atoms with van der Waals surface area (Å²) in [5.41, 5.74) is 2.89. The minimum absolute atomic E-state index is 0.110. The number of nitrogens with one attached hydrogen (secondary N) is 1. The van der Waals surface area contributed by atoms with Gasteiger partial charge in [-0.3, -0.25) is 4.79 Å². The van der Waals surface area contributed by atoms with Crippen molar-refractivity contribution in [3.8, 4) is 0 Å². The predicted octanol–water partition coefficient (Wildman–Crippen LogP) is 3.38. The Kier molecular flexibility index (Phi) is 5.05. The van der Waals surface area contributed by atoms with Gasteiger partial charge in [-0.05, 0) is 48.0 Å². The van der Waals surface area contributed by atoms with E-state index in [4.69, 9.17) is 4.74 Å². The first-order valence-corrected chi connectivity index (χ1v) is 7.77. The number of rotatable bonds is 7. The van der Waals surface area contributed by atoms with Crippen LogP contribution in [-0.4, -0.2) is 32.3 Å². The monoisotopic (exact) mass is 332 g/mol. The van der Waals surface area contributed by atoms with Crippen LogP contribution in [-0.2, 0) is 11.3 Å². The molecule has 1 N–H and O–H groups in total. The molecule has 0 radical (unpaired) electrons. The summed E-state index contributed by atoms with van der Waals surface area (Å²) in [5.74, 6) is -0.455. The highest BCUT2D eigenvalue weighted by Gasteiger charge is 2.28. The van der Waals surface area contributed by atoms with Crippen LogP contribution in [0, 0.1) is 5.82 Å². The lowest BCUT2D eigenvalue weighted by atomic mass is 10.1. The van der Waals surface area contributed by atoms with Crippen LogP contribution in [0.1, 0.15) is 15.9 Å². The molecule has 0 atom stereocenters. The van der Waals surface area contributed by atoms with Crippen molar-refractivity contribution in [1.82, 2.24) is 0 Å². The number of alkyl halides is 1. The molecule has 0 unspecified atom stereocenters. The second-order valence-electron chi connectivity index (χ2n) is 5.47. The molecule has 0 aromatic heterocycles. The van der Waals surface area contributed by atoms with Gasteiger partial charge in [0, 0.05) is 23.5 Å². The van der Waals surface area contributed by atoms with E-state index in [0.717, 1.165) is 11.4 Å². The first-order chi connectivity index (χ1) is 11.7. The number of hydrogen-bond acceptors (Lipinski definition) is 3. The molecule has 1 amide bonds. The third-order valence-electron chi connectivity index (χ3n) is 3.85. The largest absolute Gasteiger partial charge is 0.383 e. The summed E-state index contributed by atoms with van der Waals surface area (Å²) < 4.78 is 30.2. The number of carbonyl (C=O) groups excluding carboxylic acids is 1. The van der Waals surface area contributed by atoms with Crippen molar-refractivity contribution >= 4 is 17.3 Å². The number of carbonyl (C=O) groups is 1. The number of fused-ring (bicyclic) bond motifs is 1. The number of ether oxygens (including phenoxy) is 1. The van der Waals surface area contributed by atoms with Gasteiger partial charge in [0.25, 0.3) is 5.91 Å². The minimum atomic E-state index is -0.481. The van der Waals surface area contributed by atoms with Crippen LogP contribution in [0.3, 0.4) is 0 Å². The molecule has 1 aliphatic rings. The molecule has 2 aromatic rings. The van der Waals surface area contributed by atoms with Crippen LogP contribution < -0.4 is 10.2 Å². The van der Waals surface area contributed by atoms with Crippen LogP contribution >= 0.6 is 0 Å². The molecular formula is C18H18F2N2O2. The molecule has 24 heavy (non-hydrogen) atoms. The Labute approximate surface area is 139 Å². The molecule has 6 heteroatoms. The van der Waals surface area contributed by atoms with Gasteiger partial charge in [0.05, 0.1) is 19.8 Å². The second kappa shape index (κ2) is 7.40. The normalized spacial score (nSPS) is 13.2. The zero-order chi connectivity index (χ0) is 16.9. The molecule has 1 aliphatic heterocycles. The fourth-order valence-electron chi connectivity index (χ4n) is 2.68. The van der Waals surface area contributed by atoms with Crippen molar-refractivity contribution in [1.29, 1.82) is 0 Å². The summed E-state index contributed by atoms with van der Waals surface area (Å²) in [6, 6.07) is 11.6. The Morgan fingerprint density at radius 2 is 1.92 bits per heavy atom. The Balaban J connectivity index is 1.61. The molecule has 0 bridgehead atoms. The summed E-state index contributed by atoms with van der Waals surface area (Å²) in [6.45, 7) is 1.00. The maximum Gasteiger partial charge on any atom is 0.258 e. The van der Waals surface area contributed by atoms with Gasteiger partial charge in [-0.2, -0.15) is 0 Å². The maximum absolute atomic E-state index is 13.3. The number of nitrogens with zero attached hydrogens (tertiary/aromatic N) is 1. The molecule has 0 saturated heterocycles. The highest BCUT2D eigenvalue weighted by atomic mass is 19.1. The van der Waals surface area contributed by atoms with E-state index < -0.39 is 6.67 Å². The van der Waals surface area contributed by atoms with E-state index in [-0.39, 0.29) is 18.3 Å². The zero-order valence-corrected chi connectivity index (χ0v) is 13.1. The lowest BCUT2D eigenvalue weighted by Gasteiger charge is -2.16. The summed E-state index contributed by atoms with van der Waals surface area (Å²) >= 11 is 0. The number of amides is 1. The topological polar surface area (TPSA) is 41.6 Å². The van der Waals surface area contributed by atoms with Crippen LogP contribution in [0.25, 0.3) is 0 Å². The average molecular weight is 332 g/mol. The molecule has 2 aromatic carbocycles. The van der Waals surface area contributed by atoms with E-state index in [0.29, 0.717) is 30.8 Å². The maximum atomic E-state index is 13.3. The third-order valence-corrected chi connectivity index (χ3v) is 3.85. The smallest absolute Gasteiger partial charge is 0.258 e. The van der Waals surface area contributed by atoms with Crippen LogP contribution in [0.2, 0.25) is 0 Å². The fraction of sp³-hybridized carbons (Fsp3) is 0.278. The summed E-state index contributed by atoms with van der Waals surface area (Å²) in [5, 5.41) is 3.16. The molecule has 0 spiro atoms. The molecule has 1 heterocycles. The van der Waals surface area contributed by atoms with Crippen molar-refractivity contribution < 1.29 is 18.3 Å². The molecule has 0 aliphatic carbocycles. The highest BCUT2D eigenvalue weighted by Crippen LogP contribution is 2.29. The molecule has 0 fully saturated rings. The minimum Gasteiger partial charge on any atom is -0.383 e. The van der Waals surface area contributed by atoms with Crippen molar-refractivity contribution in [2.75, 3.05) is 36.6 Å². The van der Waals surface area contributed by atoms with Gasteiger partial charge in [0.1, 0.15) is 12.5 Å². The quantitative estimate of drug-likeness (QED) is 0.790. The second-order valence-corrected chi connectivity index (χ2v) is 5.47. The number of benzene rings is 2.